The first-order valence-electron chi connectivity index (χ1n) is 9.88. The molecule has 0 bridgehead atoms. The molecule has 0 radical (unpaired) electrons. The summed E-state index contributed by atoms with van der Waals surface area (Å²) in [6.07, 6.45) is 0.324. The van der Waals surface area contributed by atoms with Crippen molar-refractivity contribution in [1.29, 1.82) is 0 Å². The van der Waals surface area contributed by atoms with Crippen LogP contribution in [0.2, 0.25) is 0 Å². The van der Waals surface area contributed by atoms with Crippen LogP contribution in [0.5, 0.6) is 0 Å². The average molecular weight is 454 g/mol. The van der Waals surface area contributed by atoms with E-state index in [0.717, 1.165) is 28.6 Å². The normalized spacial score (nSPS) is 20.6. The highest BCUT2D eigenvalue weighted by atomic mass is 32.2. The van der Waals surface area contributed by atoms with Gasteiger partial charge in [0.2, 0.25) is 5.91 Å². The molecule has 4 rings (SSSR count). The molecule has 7 nitrogen and oxygen atoms in total. The Morgan fingerprint density at radius 3 is 2.12 bits per heavy atom. The van der Waals surface area contributed by atoms with Crippen LogP contribution < -0.4 is 0 Å². The summed E-state index contributed by atoms with van der Waals surface area (Å²) in [7, 11) is -4.32. The highest BCUT2D eigenvalue weighted by molar-refractivity contribution is 7.89. The van der Waals surface area contributed by atoms with Gasteiger partial charge in [-0.3, -0.25) is 14.9 Å². The van der Waals surface area contributed by atoms with Gasteiger partial charge < -0.3 is 0 Å². The van der Waals surface area contributed by atoms with Crippen molar-refractivity contribution in [3.8, 4) is 0 Å². The van der Waals surface area contributed by atoms with Gasteiger partial charge in [-0.25, -0.2) is 17.1 Å². The number of non-ortho nitro benzene ring substituents is 1. The molecule has 1 fully saturated rings. The fourth-order valence-electron chi connectivity index (χ4n) is 4.30. The third-order valence-electron chi connectivity index (χ3n) is 5.92. The fourth-order valence-corrected chi connectivity index (χ4v) is 5.96. The second-order valence-electron chi connectivity index (χ2n) is 7.50. The van der Waals surface area contributed by atoms with Crippen LogP contribution in [0.4, 0.5) is 10.1 Å². The summed E-state index contributed by atoms with van der Waals surface area (Å²) >= 11 is 0. The summed E-state index contributed by atoms with van der Waals surface area (Å²) < 4.78 is 41.3. The number of carbonyl (C=O) groups is 1. The van der Waals surface area contributed by atoms with E-state index in [-0.39, 0.29) is 10.6 Å². The van der Waals surface area contributed by atoms with Gasteiger partial charge in [-0.2, -0.15) is 0 Å². The number of halogens is 1. The van der Waals surface area contributed by atoms with Gasteiger partial charge in [-0.15, -0.1) is 0 Å². The number of amides is 1. The summed E-state index contributed by atoms with van der Waals surface area (Å²) in [6.45, 7) is 1.80. The third-order valence-corrected chi connectivity index (χ3v) is 7.68. The summed E-state index contributed by atoms with van der Waals surface area (Å²) in [5, 5.41) is 10.9. The number of nitro benzene ring substituents is 1. The molecule has 164 valence electrons. The van der Waals surface area contributed by atoms with Gasteiger partial charge in [0.1, 0.15) is 11.2 Å². The van der Waals surface area contributed by atoms with E-state index in [1.807, 2.05) is 0 Å². The fraction of sp³-hybridized carbons (Fsp3) is 0.174. The number of sulfonamides is 1. The van der Waals surface area contributed by atoms with E-state index in [4.69, 9.17) is 0 Å². The Balaban J connectivity index is 1.86. The zero-order valence-corrected chi connectivity index (χ0v) is 17.8. The lowest BCUT2D eigenvalue weighted by atomic mass is 9.63. The zero-order chi connectivity index (χ0) is 23.1. The van der Waals surface area contributed by atoms with Crippen molar-refractivity contribution in [2.75, 3.05) is 0 Å². The first kappa shape index (κ1) is 21.6. The third kappa shape index (κ3) is 3.16. The van der Waals surface area contributed by atoms with E-state index in [9.17, 15) is 27.7 Å². The minimum Gasteiger partial charge on any atom is -0.273 e. The molecule has 32 heavy (non-hydrogen) atoms. The summed E-state index contributed by atoms with van der Waals surface area (Å²) in [5.74, 6) is -1.08. The van der Waals surface area contributed by atoms with E-state index in [1.54, 1.807) is 37.3 Å². The van der Waals surface area contributed by atoms with Crippen molar-refractivity contribution in [3.05, 3.63) is 106 Å². The number of benzene rings is 3. The number of hydrogen-bond acceptors (Lipinski definition) is 5. The Morgan fingerprint density at radius 1 is 1.00 bits per heavy atom. The summed E-state index contributed by atoms with van der Waals surface area (Å²) in [5.41, 5.74) is -0.271. The largest absolute Gasteiger partial charge is 0.273 e. The lowest BCUT2D eigenvalue weighted by molar-refractivity contribution is -0.384. The van der Waals surface area contributed by atoms with Crippen LogP contribution in [0.25, 0.3) is 0 Å². The van der Waals surface area contributed by atoms with E-state index >= 15 is 0 Å². The van der Waals surface area contributed by atoms with E-state index in [1.165, 1.54) is 24.3 Å². The Bertz CT molecular complexity index is 1280. The van der Waals surface area contributed by atoms with Crippen molar-refractivity contribution in [3.63, 3.8) is 0 Å². The maximum Gasteiger partial charge on any atom is 0.269 e. The molecular formula is C23H19FN2O5S. The minimum atomic E-state index is -4.32. The molecule has 0 aromatic heterocycles. The number of hydrogen-bond donors (Lipinski definition) is 0. The molecule has 0 unspecified atom stereocenters. The Morgan fingerprint density at radius 2 is 1.59 bits per heavy atom. The standard InChI is InChI=1S/C23H19FN2O5S/c1-2-23(17-6-4-3-5-7-17)21(16-8-10-18(24)11-9-16)25(22(23)27)32(30,31)20-14-12-19(13-15-20)26(28)29/h3-15,21H,2H2,1H3/t21-,23-/m1/s1. The lowest BCUT2D eigenvalue weighted by Crippen LogP contribution is -2.67. The smallest absolute Gasteiger partial charge is 0.269 e. The molecule has 1 saturated heterocycles. The predicted octanol–water partition coefficient (Wildman–Crippen LogP) is 4.35. The maximum atomic E-state index is 13.6. The number of nitro groups is 1. The second-order valence-corrected chi connectivity index (χ2v) is 9.32. The van der Waals surface area contributed by atoms with E-state index in [0.29, 0.717) is 17.5 Å². The van der Waals surface area contributed by atoms with Gasteiger partial charge in [0.15, 0.2) is 0 Å². The Hall–Kier alpha value is -3.59. The molecule has 1 heterocycles. The maximum absolute atomic E-state index is 13.6. The molecule has 1 aliphatic rings. The monoisotopic (exact) mass is 454 g/mol. The molecule has 1 amide bonds. The number of β-lactam (4-membered cyclic amide) rings is 1. The Labute approximate surface area is 184 Å². The van der Waals surface area contributed by atoms with Crippen LogP contribution in [-0.2, 0) is 20.2 Å². The van der Waals surface area contributed by atoms with Gasteiger partial charge in [-0.1, -0.05) is 49.4 Å². The molecule has 1 aliphatic heterocycles. The van der Waals surface area contributed by atoms with Crippen molar-refractivity contribution in [1.82, 2.24) is 4.31 Å². The first-order valence-corrected chi connectivity index (χ1v) is 11.3. The van der Waals surface area contributed by atoms with Crippen molar-refractivity contribution >= 4 is 21.6 Å². The van der Waals surface area contributed by atoms with Gasteiger partial charge in [0.25, 0.3) is 15.7 Å². The minimum absolute atomic E-state index is 0.235. The average Bonchev–Trinajstić information content (AvgIpc) is 2.79. The molecule has 0 aliphatic carbocycles. The molecule has 0 N–H and O–H groups in total. The SMILES string of the molecule is CC[C@]1(c2ccccc2)C(=O)N(S(=O)(=O)c2ccc([N+](=O)[O-])cc2)[C@@H]1c1ccc(F)cc1. The van der Waals surface area contributed by atoms with E-state index in [2.05, 4.69) is 0 Å². The van der Waals surface area contributed by atoms with Gasteiger partial charge in [0, 0.05) is 12.1 Å². The van der Waals surface area contributed by atoms with Crippen molar-refractivity contribution in [2.24, 2.45) is 0 Å². The molecule has 3 aromatic carbocycles. The van der Waals surface area contributed by atoms with Crippen LogP contribution >= 0.6 is 0 Å². The Kier molecular flexibility index (Phi) is 5.29. The van der Waals surface area contributed by atoms with Crippen molar-refractivity contribution in [2.45, 2.75) is 29.7 Å². The van der Waals surface area contributed by atoms with E-state index < -0.39 is 38.1 Å². The molecule has 0 spiro atoms. The molecule has 2 atom stereocenters. The predicted molar refractivity (Wildman–Crippen MR) is 115 cm³/mol. The van der Waals surface area contributed by atoms with Gasteiger partial charge >= 0.3 is 0 Å². The number of nitrogens with zero attached hydrogens (tertiary/aromatic N) is 2. The highest BCUT2D eigenvalue weighted by Gasteiger charge is 2.65. The van der Waals surface area contributed by atoms with Crippen LogP contribution in [-0.4, -0.2) is 23.6 Å². The summed E-state index contributed by atoms with van der Waals surface area (Å²) in [4.78, 5) is 23.6. The van der Waals surface area contributed by atoms with Gasteiger partial charge in [-0.05, 0) is 41.8 Å². The quantitative estimate of drug-likeness (QED) is 0.313. The topological polar surface area (TPSA) is 97.6 Å². The van der Waals surface area contributed by atoms with Crippen LogP contribution in [0.15, 0.2) is 83.8 Å². The van der Waals surface area contributed by atoms with Crippen LogP contribution in [0.3, 0.4) is 0 Å². The van der Waals surface area contributed by atoms with Crippen LogP contribution in [0.1, 0.15) is 30.5 Å². The molecular weight excluding hydrogens is 435 g/mol. The van der Waals surface area contributed by atoms with Gasteiger partial charge in [0.05, 0.1) is 15.9 Å². The highest BCUT2D eigenvalue weighted by Crippen LogP contribution is 2.56. The van der Waals surface area contributed by atoms with Crippen LogP contribution in [0, 0.1) is 15.9 Å². The first-order chi connectivity index (χ1) is 15.2. The molecule has 0 saturated carbocycles. The molecule has 9 heteroatoms. The second kappa shape index (κ2) is 7.83. The number of rotatable bonds is 6. The lowest BCUT2D eigenvalue weighted by Gasteiger charge is -2.55. The summed E-state index contributed by atoms with van der Waals surface area (Å²) in [6, 6.07) is 17.7. The molecule has 3 aromatic rings. The zero-order valence-electron chi connectivity index (χ0n) is 17.0. The number of carbonyl (C=O) groups excluding carboxylic acids is 1. The van der Waals surface area contributed by atoms with Crippen molar-refractivity contribution < 1.29 is 22.5 Å².